The van der Waals surface area contributed by atoms with Gasteiger partial charge in [0.25, 0.3) is 0 Å². The lowest BCUT2D eigenvalue weighted by Crippen LogP contribution is -1.91. The third kappa shape index (κ3) is 0.907. The molecule has 0 bridgehead atoms. The number of hydrogen-bond donors (Lipinski definition) is 1. The summed E-state index contributed by atoms with van der Waals surface area (Å²) in [6.07, 6.45) is 1.95. The molecule has 0 unspecified atom stereocenters. The highest BCUT2D eigenvalue weighted by molar-refractivity contribution is 8.02. The van der Waals surface area contributed by atoms with Crippen molar-refractivity contribution < 1.29 is 0 Å². The third-order valence-corrected chi connectivity index (χ3v) is 2.27. The van der Waals surface area contributed by atoms with E-state index < -0.39 is 0 Å². The van der Waals surface area contributed by atoms with Crippen LogP contribution in [0.4, 0.5) is 5.69 Å². The molecule has 2 heteroatoms. The predicted molar refractivity (Wildman–Crippen MR) is 45.1 cm³/mol. The average Bonchev–Trinajstić information content (AvgIpc) is 2.05. The lowest BCUT2D eigenvalue weighted by Gasteiger charge is -2.10. The van der Waals surface area contributed by atoms with Crippen molar-refractivity contribution in [3.8, 4) is 0 Å². The standard InChI is InChI=1S/C8H7NS/c1-2-4-8-7(3-1)9-5-6-10-8/h1-6,9H. The van der Waals surface area contributed by atoms with Crippen molar-refractivity contribution in [2.24, 2.45) is 0 Å². The second kappa shape index (κ2) is 2.39. The molecule has 2 rings (SSSR count). The van der Waals surface area contributed by atoms with Crippen LogP contribution in [0.5, 0.6) is 0 Å². The molecule has 0 radical (unpaired) electrons. The first-order chi connectivity index (χ1) is 4.97. The Morgan fingerprint density at radius 3 is 3.00 bits per heavy atom. The molecule has 0 aliphatic carbocycles. The summed E-state index contributed by atoms with van der Waals surface area (Å²) in [6, 6.07) is 8.26. The van der Waals surface area contributed by atoms with E-state index in [-0.39, 0.29) is 0 Å². The first-order valence-electron chi connectivity index (χ1n) is 3.14. The van der Waals surface area contributed by atoms with Gasteiger partial charge in [0.15, 0.2) is 0 Å². The van der Waals surface area contributed by atoms with E-state index in [0.717, 1.165) is 0 Å². The van der Waals surface area contributed by atoms with Crippen molar-refractivity contribution in [1.29, 1.82) is 0 Å². The van der Waals surface area contributed by atoms with E-state index >= 15 is 0 Å². The van der Waals surface area contributed by atoms with Crippen LogP contribution in [0.25, 0.3) is 0 Å². The van der Waals surface area contributed by atoms with Crippen LogP contribution in [0.2, 0.25) is 0 Å². The molecule has 0 aromatic heterocycles. The lowest BCUT2D eigenvalue weighted by molar-refractivity contribution is 1.41. The minimum atomic E-state index is 1.20. The van der Waals surface area contributed by atoms with Gasteiger partial charge in [-0.05, 0) is 17.5 Å². The summed E-state index contributed by atoms with van der Waals surface area (Å²) in [4.78, 5) is 1.30. The van der Waals surface area contributed by atoms with Crippen LogP contribution in [0.3, 0.4) is 0 Å². The molecule has 0 atom stereocenters. The topological polar surface area (TPSA) is 12.0 Å². The highest BCUT2D eigenvalue weighted by Crippen LogP contribution is 2.30. The fraction of sp³-hybridized carbons (Fsp3) is 0. The van der Waals surface area contributed by atoms with Gasteiger partial charge in [-0.1, -0.05) is 23.9 Å². The van der Waals surface area contributed by atoms with Crippen molar-refractivity contribution in [3.05, 3.63) is 35.9 Å². The van der Waals surface area contributed by atoms with Crippen molar-refractivity contribution in [2.75, 3.05) is 5.32 Å². The number of thioether (sulfide) groups is 1. The molecule has 1 aliphatic heterocycles. The van der Waals surface area contributed by atoms with E-state index in [1.807, 2.05) is 23.7 Å². The van der Waals surface area contributed by atoms with E-state index in [9.17, 15) is 0 Å². The normalized spacial score (nSPS) is 14.0. The number of hydrogen-bond acceptors (Lipinski definition) is 2. The zero-order valence-corrected chi connectivity index (χ0v) is 6.19. The molecule has 0 saturated carbocycles. The molecule has 0 amide bonds. The van der Waals surface area contributed by atoms with Crippen LogP contribution in [-0.4, -0.2) is 0 Å². The molecular weight excluding hydrogens is 142 g/mol. The van der Waals surface area contributed by atoms with Gasteiger partial charge in [-0.2, -0.15) is 0 Å². The fourth-order valence-electron chi connectivity index (χ4n) is 0.920. The first-order valence-corrected chi connectivity index (χ1v) is 4.02. The Kier molecular flexibility index (Phi) is 1.40. The molecule has 10 heavy (non-hydrogen) atoms. The summed E-state index contributed by atoms with van der Waals surface area (Å²) < 4.78 is 0. The van der Waals surface area contributed by atoms with Gasteiger partial charge in [0.05, 0.1) is 5.69 Å². The number of fused-ring (bicyclic) bond motifs is 1. The van der Waals surface area contributed by atoms with E-state index in [2.05, 4.69) is 17.4 Å². The Morgan fingerprint density at radius 2 is 2.10 bits per heavy atom. The predicted octanol–water partition coefficient (Wildman–Crippen LogP) is 2.68. The Balaban J connectivity index is 2.47. The van der Waals surface area contributed by atoms with Crippen LogP contribution in [0.15, 0.2) is 40.8 Å². The molecule has 1 aromatic carbocycles. The van der Waals surface area contributed by atoms with Gasteiger partial charge in [-0.3, -0.25) is 0 Å². The Morgan fingerprint density at radius 1 is 1.20 bits per heavy atom. The van der Waals surface area contributed by atoms with E-state index in [4.69, 9.17) is 0 Å². The van der Waals surface area contributed by atoms with Gasteiger partial charge in [0, 0.05) is 11.1 Å². The molecular formula is C8H7NS. The molecule has 1 heterocycles. The summed E-state index contributed by atoms with van der Waals surface area (Å²) in [5, 5.41) is 5.21. The third-order valence-electron chi connectivity index (χ3n) is 1.39. The smallest absolute Gasteiger partial charge is 0.0521 e. The van der Waals surface area contributed by atoms with Gasteiger partial charge in [0.1, 0.15) is 0 Å². The monoisotopic (exact) mass is 149 g/mol. The summed E-state index contributed by atoms with van der Waals surface area (Å²) in [5.41, 5.74) is 1.20. The zero-order valence-electron chi connectivity index (χ0n) is 5.37. The lowest BCUT2D eigenvalue weighted by atomic mass is 10.3. The van der Waals surface area contributed by atoms with Crippen LogP contribution in [-0.2, 0) is 0 Å². The quantitative estimate of drug-likeness (QED) is 0.608. The Hall–Kier alpha value is -0.890. The number of para-hydroxylation sites is 1. The SMILES string of the molecule is C1=CSc2ccccc2N1. The second-order valence-electron chi connectivity index (χ2n) is 2.06. The minimum absolute atomic E-state index is 1.20. The second-order valence-corrected chi connectivity index (χ2v) is 3.01. The van der Waals surface area contributed by atoms with E-state index in [0.29, 0.717) is 0 Å². The molecule has 1 aromatic rings. The Bertz CT molecular complexity index is 241. The average molecular weight is 149 g/mol. The van der Waals surface area contributed by atoms with Gasteiger partial charge in [-0.25, -0.2) is 0 Å². The van der Waals surface area contributed by atoms with Crippen molar-refractivity contribution in [1.82, 2.24) is 0 Å². The molecule has 0 saturated heterocycles. The zero-order chi connectivity index (χ0) is 6.81. The molecule has 1 nitrogen and oxygen atoms in total. The number of benzene rings is 1. The number of nitrogens with one attached hydrogen (secondary N) is 1. The summed E-state index contributed by atoms with van der Waals surface area (Å²) in [6.45, 7) is 0. The first kappa shape index (κ1) is 5.86. The van der Waals surface area contributed by atoms with E-state index in [1.165, 1.54) is 10.6 Å². The summed E-state index contributed by atoms with van der Waals surface area (Å²) in [5.74, 6) is 0. The maximum absolute atomic E-state index is 3.16. The minimum Gasteiger partial charge on any atom is -0.360 e. The Labute approximate surface area is 64.1 Å². The largest absolute Gasteiger partial charge is 0.360 e. The van der Waals surface area contributed by atoms with Crippen LogP contribution in [0, 0.1) is 0 Å². The fourth-order valence-corrected chi connectivity index (χ4v) is 1.61. The summed E-state index contributed by atoms with van der Waals surface area (Å²) in [7, 11) is 0. The highest BCUT2D eigenvalue weighted by Gasteiger charge is 2.00. The van der Waals surface area contributed by atoms with E-state index in [1.54, 1.807) is 11.8 Å². The van der Waals surface area contributed by atoms with Gasteiger partial charge >= 0.3 is 0 Å². The molecule has 1 aliphatic rings. The molecule has 1 N–H and O–H groups in total. The summed E-state index contributed by atoms with van der Waals surface area (Å²) >= 11 is 1.75. The van der Waals surface area contributed by atoms with Gasteiger partial charge in [0.2, 0.25) is 0 Å². The van der Waals surface area contributed by atoms with Crippen molar-refractivity contribution in [3.63, 3.8) is 0 Å². The molecule has 0 spiro atoms. The van der Waals surface area contributed by atoms with Crippen LogP contribution < -0.4 is 5.32 Å². The number of rotatable bonds is 0. The molecule has 0 fully saturated rings. The van der Waals surface area contributed by atoms with Gasteiger partial charge < -0.3 is 5.32 Å². The van der Waals surface area contributed by atoms with Crippen molar-refractivity contribution >= 4 is 17.4 Å². The van der Waals surface area contributed by atoms with Crippen molar-refractivity contribution in [2.45, 2.75) is 4.90 Å². The van der Waals surface area contributed by atoms with Crippen LogP contribution in [0.1, 0.15) is 0 Å². The highest BCUT2D eigenvalue weighted by atomic mass is 32.2. The maximum Gasteiger partial charge on any atom is 0.0521 e. The molecule has 50 valence electrons. The number of anilines is 1. The van der Waals surface area contributed by atoms with Crippen LogP contribution >= 0.6 is 11.8 Å². The van der Waals surface area contributed by atoms with Gasteiger partial charge in [-0.15, -0.1) is 0 Å². The maximum atomic E-state index is 3.16.